The molecule has 0 saturated carbocycles. The average molecular weight is 231 g/mol. The van der Waals surface area contributed by atoms with Crippen molar-refractivity contribution in [2.45, 2.75) is 6.42 Å². The first-order chi connectivity index (χ1) is 7.10. The first kappa shape index (κ1) is 14.4. The standard InChI is InChI=1S/C12H21ClNO/c1-4-7-14(8-5-2,9-6-10-15)11-12(3)13/h4-5,15H,1-3,6-11H2/q+1. The summed E-state index contributed by atoms with van der Waals surface area (Å²) < 4.78 is 0.746. The van der Waals surface area contributed by atoms with Gasteiger partial charge in [0.2, 0.25) is 0 Å². The summed E-state index contributed by atoms with van der Waals surface area (Å²) in [5.41, 5.74) is 0. The molecular formula is C12H21ClNO+. The molecule has 0 unspecified atom stereocenters. The van der Waals surface area contributed by atoms with E-state index in [2.05, 4.69) is 19.7 Å². The maximum absolute atomic E-state index is 8.88. The molecule has 0 atom stereocenters. The van der Waals surface area contributed by atoms with Crippen molar-refractivity contribution < 1.29 is 9.59 Å². The Kier molecular flexibility index (Phi) is 7.39. The van der Waals surface area contributed by atoms with Crippen molar-refractivity contribution >= 4 is 11.6 Å². The molecule has 0 amide bonds. The first-order valence-corrected chi connectivity index (χ1v) is 5.49. The number of hydrogen-bond acceptors (Lipinski definition) is 1. The fourth-order valence-corrected chi connectivity index (χ4v) is 2.04. The van der Waals surface area contributed by atoms with Crippen molar-refractivity contribution in [3.05, 3.63) is 36.9 Å². The van der Waals surface area contributed by atoms with Gasteiger partial charge >= 0.3 is 0 Å². The third-order valence-electron chi connectivity index (χ3n) is 2.33. The van der Waals surface area contributed by atoms with Gasteiger partial charge in [-0.25, -0.2) is 0 Å². The van der Waals surface area contributed by atoms with Crippen LogP contribution >= 0.6 is 11.6 Å². The Morgan fingerprint density at radius 2 is 1.80 bits per heavy atom. The van der Waals surface area contributed by atoms with Gasteiger partial charge in [-0.3, -0.25) is 0 Å². The molecule has 0 aromatic rings. The highest BCUT2D eigenvalue weighted by Crippen LogP contribution is 2.14. The lowest BCUT2D eigenvalue weighted by molar-refractivity contribution is -0.912. The third-order valence-corrected chi connectivity index (χ3v) is 2.45. The molecule has 0 fully saturated rings. The van der Waals surface area contributed by atoms with Crippen LogP contribution in [0.2, 0.25) is 0 Å². The van der Waals surface area contributed by atoms with Crippen LogP contribution in [-0.4, -0.2) is 42.4 Å². The summed E-state index contributed by atoms with van der Waals surface area (Å²) in [5.74, 6) is 0. The molecule has 15 heavy (non-hydrogen) atoms. The highest BCUT2D eigenvalue weighted by atomic mass is 35.5. The molecule has 86 valence electrons. The van der Waals surface area contributed by atoms with Crippen LogP contribution < -0.4 is 0 Å². The normalized spacial score (nSPS) is 11.1. The van der Waals surface area contributed by atoms with Crippen LogP contribution in [0.3, 0.4) is 0 Å². The van der Waals surface area contributed by atoms with Crippen LogP contribution in [-0.2, 0) is 0 Å². The van der Waals surface area contributed by atoms with E-state index in [0.29, 0.717) is 11.6 Å². The van der Waals surface area contributed by atoms with Gasteiger partial charge in [-0.05, 0) is 12.2 Å². The van der Waals surface area contributed by atoms with Crippen molar-refractivity contribution in [2.75, 3.05) is 32.8 Å². The lowest BCUT2D eigenvalue weighted by Crippen LogP contribution is -2.50. The Balaban J connectivity index is 4.60. The number of rotatable bonds is 9. The fourth-order valence-electron chi connectivity index (χ4n) is 1.78. The highest BCUT2D eigenvalue weighted by Gasteiger charge is 2.24. The van der Waals surface area contributed by atoms with E-state index in [9.17, 15) is 0 Å². The van der Waals surface area contributed by atoms with Crippen LogP contribution in [0.5, 0.6) is 0 Å². The Hall–Kier alpha value is -0.570. The lowest BCUT2D eigenvalue weighted by atomic mass is 10.2. The van der Waals surface area contributed by atoms with Crippen molar-refractivity contribution in [2.24, 2.45) is 0 Å². The van der Waals surface area contributed by atoms with Gasteiger partial charge < -0.3 is 9.59 Å². The number of aliphatic hydroxyl groups is 1. The quantitative estimate of drug-likeness (QED) is 0.476. The molecule has 0 heterocycles. The largest absolute Gasteiger partial charge is 0.396 e. The maximum Gasteiger partial charge on any atom is 0.115 e. The van der Waals surface area contributed by atoms with Crippen LogP contribution in [0.4, 0.5) is 0 Å². The molecule has 0 bridgehead atoms. The number of hydrogen-bond donors (Lipinski definition) is 1. The Bertz CT molecular complexity index is 216. The van der Waals surface area contributed by atoms with Crippen LogP contribution in [0.1, 0.15) is 6.42 Å². The second-order valence-corrected chi connectivity index (χ2v) is 4.29. The van der Waals surface area contributed by atoms with E-state index in [4.69, 9.17) is 16.7 Å². The number of quaternary nitrogens is 1. The van der Waals surface area contributed by atoms with Gasteiger partial charge in [-0.2, -0.15) is 0 Å². The average Bonchev–Trinajstić information content (AvgIpc) is 2.14. The fraction of sp³-hybridized carbons (Fsp3) is 0.500. The summed E-state index contributed by atoms with van der Waals surface area (Å²) in [6, 6.07) is 0. The van der Waals surface area contributed by atoms with Crippen LogP contribution in [0.15, 0.2) is 36.9 Å². The van der Waals surface area contributed by atoms with E-state index in [1.54, 1.807) is 0 Å². The summed E-state index contributed by atoms with van der Waals surface area (Å²) in [7, 11) is 0. The molecule has 0 aliphatic rings. The minimum absolute atomic E-state index is 0.197. The molecule has 0 aliphatic carbocycles. The zero-order valence-corrected chi connectivity index (χ0v) is 10.0. The van der Waals surface area contributed by atoms with E-state index in [0.717, 1.165) is 30.5 Å². The topological polar surface area (TPSA) is 20.2 Å². The number of halogens is 1. The molecule has 2 nitrogen and oxygen atoms in total. The van der Waals surface area contributed by atoms with E-state index in [1.807, 2.05) is 12.2 Å². The minimum Gasteiger partial charge on any atom is -0.396 e. The van der Waals surface area contributed by atoms with E-state index >= 15 is 0 Å². The summed E-state index contributed by atoms with van der Waals surface area (Å²) in [6.45, 7) is 14.6. The lowest BCUT2D eigenvalue weighted by Gasteiger charge is -2.36. The minimum atomic E-state index is 0.197. The van der Waals surface area contributed by atoms with Crippen molar-refractivity contribution in [3.63, 3.8) is 0 Å². The predicted molar refractivity (Wildman–Crippen MR) is 66.8 cm³/mol. The van der Waals surface area contributed by atoms with Gasteiger partial charge in [-0.1, -0.05) is 31.3 Å². The monoisotopic (exact) mass is 230 g/mol. The Morgan fingerprint density at radius 3 is 2.13 bits per heavy atom. The zero-order valence-electron chi connectivity index (χ0n) is 9.29. The molecule has 3 heteroatoms. The summed E-state index contributed by atoms with van der Waals surface area (Å²) >= 11 is 5.87. The van der Waals surface area contributed by atoms with Gasteiger partial charge in [0.05, 0.1) is 24.7 Å². The Labute approximate surface area is 97.8 Å². The van der Waals surface area contributed by atoms with Gasteiger partial charge in [-0.15, -0.1) is 0 Å². The second kappa shape index (κ2) is 7.69. The molecule has 1 N–H and O–H groups in total. The van der Waals surface area contributed by atoms with Crippen molar-refractivity contribution in [3.8, 4) is 0 Å². The second-order valence-electron chi connectivity index (χ2n) is 3.76. The van der Waals surface area contributed by atoms with Crippen molar-refractivity contribution in [1.29, 1.82) is 0 Å². The number of nitrogens with zero attached hydrogens (tertiary/aromatic N) is 1. The molecule has 0 aromatic carbocycles. The summed E-state index contributed by atoms with van der Waals surface area (Å²) in [4.78, 5) is 0. The maximum atomic E-state index is 8.88. The summed E-state index contributed by atoms with van der Waals surface area (Å²) in [5, 5.41) is 9.52. The van der Waals surface area contributed by atoms with E-state index in [-0.39, 0.29) is 6.61 Å². The zero-order chi connectivity index (χ0) is 11.7. The van der Waals surface area contributed by atoms with Gasteiger partial charge in [0.15, 0.2) is 0 Å². The van der Waals surface area contributed by atoms with E-state index < -0.39 is 0 Å². The van der Waals surface area contributed by atoms with E-state index in [1.165, 1.54) is 0 Å². The van der Waals surface area contributed by atoms with Gasteiger partial charge in [0, 0.05) is 13.0 Å². The molecule has 0 spiro atoms. The molecule has 0 radical (unpaired) electrons. The van der Waals surface area contributed by atoms with Gasteiger partial charge in [0.25, 0.3) is 0 Å². The molecule has 0 aliphatic heterocycles. The molecule has 0 saturated heterocycles. The van der Waals surface area contributed by atoms with Crippen LogP contribution in [0, 0.1) is 0 Å². The number of aliphatic hydroxyl groups excluding tert-OH is 1. The van der Waals surface area contributed by atoms with Crippen LogP contribution in [0.25, 0.3) is 0 Å². The predicted octanol–water partition coefficient (Wildman–Crippen LogP) is 2.31. The van der Waals surface area contributed by atoms with Crippen molar-refractivity contribution in [1.82, 2.24) is 0 Å². The summed E-state index contributed by atoms with van der Waals surface area (Å²) in [6.07, 6.45) is 4.51. The molecule has 0 aromatic heterocycles. The molecular weight excluding hydrogens is 210 g/mol. The smallest absolute Gasteiger partial charge is 0.115 e. The first-order valence-electron chi connectivity index (χ1n) is 5.11. The Morgan fingerprint density at radius 1 is 1.27 bits per heavy atom. The van der Waals surface area contributed by atoms with Gasteiger partial charge in [0.1, 0.15) is 6.54 Å². The third kappa shape index (κ3) is 5.78. The highest BCUT2D eigenvalue weighted by molar-refractivity contribution is 6.29. The molecule has 0 rings (SSSR count). The SMILES string of the molecule is C=CC[N+](CC=C)(CCCO)CC(=C)Cl.